The van der Waals surface area contributed by atoms with E-state index in [1.54, 1.807) is 6.26 Å². The normalized spacial score (nSPS) is 11.8. The fourth-order valence-corrected chi connectivity index (χ4v) is 1.30. The molecule has 1 aromatic carbocycles. The topological polar surface area (TPSA) is 31.2 Å². The molecule has 1 aromatic rings. The summed E-state index contributed by atoms with van der Waals surface area (Å²) in [5.41, 5.74) is 1.24. The summed E-state index contributed by atoms with van der Waals surface area (Å²) in [6, 6.07) is 10.1. The predicted octanol–water partition coefficient (Wildman–Crippen LogP) is -1.10. The van der Waals surface area contributed by atoms with Gasteiger partial charge in [-0.15, -0.1) is 6.54 Å². The van der Waals surface area contributed by atoms with Gasteiger partial charge in [-0.25, -0.2) is 0 Å². The van der Waals surface area contributed by atoms with Crippen LogP contribution in [-0.4, -0.2) is 17.0 Å². The third-order valence-electron chi connectivity index (χ3n) is 1.52. The number of benzene rings is 1. The first-order valence-electron chi connectivity index (χ1n) is 3.84. The van der Waals surface area contributed by atoms with Crippen LogP contribution in [0.2, 0.25) is 0 Å². The first-order chi connectivity index (χ1) is 5.79. The van der Waals surface area contributed by atoms with E-state index in [4.69, 9.17) is 0 Å². The average Bonchev–Trinajstić information content (AvgIpc) is 2.05. The fourth-order valence-electron chi connectivity index (χ4n) is 0.948. The van der Waals surface area contributed by atoms with E-state index in [0.717, 1.165) is 6.42 Å². The zero-order chi connectivity index (χ0) is 8.81. The Bertz CT molecular complexity index is 253. The van der Waals surface area contributed by atoms with Crippen LogP contribution in [0.4, 0.5) is 0 Å². The molecule has 0 spiro atoms. The summed E-state index contributed by atoms with van der Waals surface area (Å²) in [7, 11) is -1.01. The second-order valence-corrected chi connectivity index (χ2v) is 3.62. The van der Waals surface area contributed by atoms with E-state index in [1.807, 2.05) is 30.3 Å². The zero-order valence-electron chi connectivity index (χ0n) is 8.06. The van der Waals surface area contributed by atoms with Gasteiger partial charge in [-0.05, 0) is 18.2 Å². The van der Waals surface area contributed by atoms with E-state index < -0.39 is 11.0 Å². The Balaban J connectivity index is 0.00000144. The van der Waals surface area contributed by atoms with Crippen molar-refractivity contribution in [2.24, 2.45) is 0 Å². The van der Waals surface area contributed by atoms with Crippen LogP contribution in [0.15, 0.2) is 30.3 Å². The molecule has 1 unspecified atom stereocenters. The second kappa shape index (κ2) is 8.29. The molecule has 1 atom stereocenters. The number of hydrogen-bond donors (Lipinski definition) is 0. The summed E-state index contributed by atoms with van der Waals surface area (Å²) in [6.07, 6.45) is 2.46. The van der Waals surface area contributed by atoms with Crippen molar-refractivity contribution in [3.63, 3.8) is 0 Å². The molecule has 0 N–H and O–H groups in total. The molecule has 0 heterocycles. The molecule has 0 aromatic heterocycles. The maximum Gasteiger partial charge on any atom is 1.00 e. The molecular weight excluding hydrogens is 209 g/mol. The van der Waals surface area contributed by atoms with E-state index >= 15 is 0 Å². The van der Waals surface area contributed by atoms with Crippen molar-refractivity contribution in [1.82, 2.24) is 0 Å². The van der Waals surface area contributed by atoms with Crippen LogP contribution in [0.25, 0.3) is 4.72 Å². The molecule has 13 heavy (non-hydrogen) atoms. The van der Waals surface area contributed by atoms with Gasteiger partial charge in [0.2, 0.25) is 0 Å². The van der Waals surface area contributed by atoms with Crippen LogP contribution < -0.4 is 51.4 Å². The quantitative estimate of drug-likeness (QED) is 0.594. The largest absolute Gasteiger partial charge is 1.00 e. The molecule has 0 fully saturated rings. The van der Waals surface area contributed by atoms with E-state index in [1.165, 1.54) is 5.56 Å². The maximum absolute atomic E-state index is 10.6. The first-order valence-corrected chi connectivity index (χ1v) is 5.35. The minimum atomic E-state index is -1.01. The SMILES string of the molecule is CS(=O)[N-]CCc1ccccc1.[K+]. The van der Waals surface area contributed by atoms with Gasteiger partial charge in [0, 0.05) is 0 Å². The van der Waals surface area contributed by atoms with Crippen LogP contribution in [0, 0.1) is 0 Å². The van der Waals surface area contributed by atoms with Crippen LogP contribution in [0.3, 0.4) is 0 Å². The van der Waals surface area contributed by atoms with Crippen molar-refractivity contribution in [1.29, 1.82) is 0 Å². The summed E-state index contributed by atoms with van der Waals surface area (Å²) in [5.74, 6) is 0. The Morgan fingerprint density at radius 2 is 1.92 bits per heavy atom. The molecule has 0 aliphatic rings. The molecule has 0 aliphatic carbocycles. The summed E-state index contributed by atoms with van der Waals surface area (Å²) in [6.45, 7) is 0.646. The Hall–Kier alpha value is 0.966. The number of nitrogens with zero attached hydrogens (tertiary/aromatic N) is 1. The van der Waals surface area contributed by atoms with Gasteiger partial charge in [0.1, 0.15) is 0 Å². The van der Waals surface area contributed by atoms with E-state index in [-0.39, 0.29) is 51.4 Å². The van der Waals surface area contributed by atoms with Crippen molar-refractivity contribution in [3.8, 4) is 0 Å². The van der Waals surface area contributed by atoms with Crippen molar-refractivity contribution in [2.45, 2.75) is 6.42 Å². The van der Waals surface area contributed by atoms with E-state index in [0.29, 0.717) is 6.54 Å². The fraction of sp³-hybridized carbons (Fsp3) is 0.333. The van der Waals surface area contributed by atoms with Gasteiger partial charge >= 0.3 is 51.4 Å². The molecule has 0 bridgehead atoms. The van der Waals surface area contributed by atoms with Gasteiger partial charge in [-0.1, -0.05) is 41.3 Å². The Morgan fingerprint density at radius 1 is 1.31 bits per heavy atom. The van der Waals surface area contributed by atoms with Gasteiger partial charge in [0.25, 0.3) is 0 Å². The molecule has 0 aliphatic heterocycles. The van der Waals surface area contributed by atoms with Gasteiger partial charge < -0.3 is 4.72 Å². The zero-order valence-corrected chi connectivity index (χ0v) is 12.0. The summed E-state index contributed by atoms with van der Waals surface area (Å²) in [5, 5.41) is 0. The molecule has 0 saturated carbocycles. The van der Waals surface area contributed by atoms with Crippen LogP contribution in [0.1, 0.15) is 5.56 Å². The molecule has 0 amide bonds. The molecule has 2 nitrogen and oxygen atoms in total. The molecule has 1 rings (SSSR count). The van der Waals surface area contributed by atoms with E-state index in [2.05, 4.69) is 4.72 Å². The minimum Gasteiger partial charge on any atom is -0.576 e. The molecule has 66 valence electrons. The maximum atomic E-state index is 10.6. The first kappa shape index (κ1) is 14.0. The number of hydrogen-bond acceptors (Lipinski definition) is 1. The van der Waals surface area contributed by atoms with E-state index in [9.17, 15) is 4.21 Å². The monoisotopic (exact) mass is 221 g/mol. The van der Waals surface area contributed by atoms with Gasteiger partial charge in [0.05, 0.1) is 0 Å². The molecule has 0 radical (unpaired) electrons. The van der Waals surface area contributed by atoms with Crippen molar-refractivity contribution in [2.75, 3.05) is 12.8 Å². The minimum absolute atomic E-state index is 0. The van der Waals surface area contributed by atoms with Gasteiger partial charge in [-0.2, -0.15) is 0 Å². The summed E-state index contributed by atoms with van der Waals surface area (Å²) >= 11 is 0. The third-order valence-corrected chi connectivity index (χ3v) is 2.06. The van der Waals surface area contributed by atoms with Crippen LogP contribution in [0.5, 0.6) is 0 Å². The Morgan fingerprint density at radius 3 is 2.46 bits per heavy atom. The second-order valence-electron chi connectivity index (χ2n) is 2.51. The van der Waals surface area contributed by atoms with Crippen molar-refractivity contribution in [3.05, 3.63) is 40.6 Å². The predicted molar refractivity (Wildman–Crippen MR) is 52.4 cm³/mol. The van der Waals surface area contributed by atoms with Gasteiger partial charge in [0.15, 0.2) is 0 Å². The van der Waals surface area contributed by atoms with Crippen molar-refractivity contribution >= 4 is 11.0 Å². The standard InChI is InChI=1S/C9H12NOS.K/c1-12(11)10-8-7-9-5-3-2-4-6-9;/h2-6H,7-8H2,1H3;/q-1;+1. The van der Waals surface area contributed by atoms with Crippen LogP contribution >= 0.6 is 0 Å². The Kier molecular flexibility index (Phi) is 8.91. The smallest absolute Gasteiger partial charge is 0.576 e. The number of rotatable bonds is 4. The summed E-state index contributed by atoms with van der Waals surface area (Å²) in [4.78, 5) is 0. The summed E-state index contributed by atoms with van der Waals surface area (Å²) < 4.78 is 14.5. The van der Waals surface area contributed by atoms with Crippen molar-refractivity contribution < 1.29 is 55.6 Å². The third kappa shape index (κ3) is 6.96. The molecule has 0 saturated heterocycles. The molecule has 4 heteroatoms. The average molecular weight is 221 g/mol. The van der Waals surface area contributed by atoms with Crippen LogP contribution in [-0.2, 0) is 17.4 Å². The molecular formula is C9H12KNOS. The van der Waals surface area contributed by atoms with Gasteiger partial charge in [-0.3, -0.25) is 4.21 Å². The Labute approximate surface area is 125 Å².